The summed E-state index contributed by atoms with van der Waals surface area (Å²) in [6.07, 6.45) is 0.250. The predicted octanol–water partition coefficient (Wildman–Crippen LogP) is 6.26. The Labute approximate surface area is 265 Å². The molecule has 0 aliphatic carbocycles. The van der Waals surface area contributed by atoms with Crippen molar-refractivity contribution >= 4 is 39.1 Å². The number of para-hydroxylation sites is 1. The van der Waals surface area contributed by atoms with Crippen LogP contribution in [0.4, 0.5) is 5.69 Å². The normalized spacial score (nSPS) is 12.0. The van der Waals surface area contributed by atoms with Crippen molar-refractivity contribution in [3.8, 4) is 0 Å². The van der Waals surface area contributed by atoms with Gasteiger partial charge in [0.1, 0.15) is 12.6 Å². The highest BCUT2D eigenvalue weighted by atomic mass is 35.5. The van der Waals surface area contributed by atoms with Crippen LogP contribution in [0.1, 0.15) is 30.5 Å². The molecule has 1 N–H and O–H groups in total. The van der Waals surface area contributed by atoms with Gasteiger partial charge in [-0.25, -0.2) is 8.42 Å². The molecule has 4 rings (SSSR count). The van der Waals surface area contributed by atoms with Gasteiger partial charge in [0, 0.05) is 19.5 Å². The number of carbonyl (C=O) groups is 2. The number of anilines is 1. The smallest absolute Gasteiger partial charge is 0.264 e. The van der Waals surface area contributed by atoms with Crippen molar-refractivity contribution in [1.82, 2.24) is 10.2 Å². The van der Waals surface area contributed by atoms with Gasteiger partial charge < -0.3 is 10.2 Å². The second kappa shape index (κ2) is 15.0. The van der Waals surface area contributed by atoms with E-state index in [1.807, 2.05) is 75.4 Å². The van der Waals surface area contributed by atoms with E-state index in [1.54, 1.807) is 42.5 Å². The quantitative estimate of drug-likeness (QED) is 0.189. The molecule has 0 aliphatic rings. The van der Waals surface area contributed by atoms with Crippen molar-refractivity contribution in [2.75, 3.05) is 17.4 Å². The molecule has 0 fully saturated rings. The Morgan fingerprint density at radius 2 is 1.43 bits per heavy atom. The predicted molar refractivity (Wildman–Crippen MR) is 176 cm³/mol. The summed E-state index contributed by atoms with van der Waals surface area (Å²) in [6, 6.07) is 30.7. The number of aryl methyl sites for hydroxylation is 1. The Morgan fingerprint density at radius 1 is 0.818 bits per heavy atom. The van der Waals surface area contributed by atoms with Crippen molar-refractivity contribution in [3.05, 3.63) is 131 Å². The average Bonchev–Trinajstić information content (AvgIpc) is 3.01. The lowest BCUT2D eigenvalue weighted by Crippen LogP contribution is -2.53. The lowest BCUT2D eigenvalue weighted by Gasteiger charge is -2.34. The number of nitrogens with one attached hydrogen (secondary N) is 1. The zero-order valence-electron chi connectivity index (χ0n) is 25.2. The van der Waals surface area contributed by atoms with Gasteiger partial charge in [-0.2, -0.15) is 0 Å². The summed E-state index contributed by atoms with van der Waals surface area (Å²) in [7, 11) is -4.21. The average molecular weight is 632 g/mol. The van der Waals surface area contributed by atoms with Crippen LogP contribution in [0.25, 0.3) is 0 Å². The summed E-state index contributed by atoms with van der Waals surface area (Å²) in [5, 5.41) is 3.18. The number of benzene rings is 4. The minimum Gasteiger partial charge on any atom is -0.354 e. The number of carbonyl (C=O) groups excluding carboxylic acids is 2. The molecule has 2 amide bonds. The third-order valence-electron chi connectivity index (χ3n) is 7.12. The van der Waals surface area contributed by atoms with Crippen LogP contribution in [-0.2, 0) is 32.6 Å². The summed E-state index contributed by atoms with van der Waals surface area (Å²) in [4.78, 5) is 29.8. The molecule has 4 aromatic carbocycles. The van der Waals surface area contributed by atoms with Gasteiger partial charge in [0.2, 0.25) is 11.8 Å². The van der Waals surface area contributed by atoms with E-state index in [2.05, 4.69) is 5.32 Å². The molecule has 0 aliphatic heterocycles. The van der Waals surface area contributed by atoms with Gasteiger partial charge in [-0.15, -0.1) is 0 Å². The summed E-state index contributed by atoms with van der Waals surface area (Å²) < 4.78 is 29.1. The monoisotopic (exact) mass is 631 g/mol. The van der Waals surface area contributed by atoms with Crippen LogP contribution < -0.4 is 9.62 Å². The zero-order valence-corrected chi connectivity index (χ0v) is 26.8. The molecular weight excluding hydrogens is 594 g/mol. The van der Waals surface area contributed by atoms with Gasteiger partial charge in [0.15, 0.2) is 0 Å². The zero-order chi connectivity index (χ0) is 31.7. The molecule has 0 heterocycles. The molecule has 44 heavy (non-hydrogen) atoms. The standard InChI is InChI=1S/C35H38ClN3O4S/c1-26(2)23-37-35(41)33(22-28-14-6-4-7-15-28)38(24-29-16-12-13-27(3)21-29)34(40)25-39(32-20-11-10-19-31(32)36)44(42,43)30-17-8-5-9-18-30/h4-21,26,33H,22-25H2,1-3H3,(H,37,41)/t33-/m1/s1. The third-order valence-corrected chi connectivity index (χ3v) is 9.22. The lowest BCUT2D eigenvalue weighted by atomic mass is 10.0. The second-order valence-electron chi connectivity index (χ2n) is 11.1. The molecule has 0 aromatic heterocycles. The Hall–Kier alpha value is -4.14. The minimum absolute atomic E-state index is 0.0217. The number of halogens is 1. The third kappa shape index (κ3) is 8.49. The highest BCUT2D eigenvalue weighted by molar-refractivity contribution is 7.92. The number of rotatable bonds is 13. The van der Waals surface area contributed by atoms with Crippen LogP contribution in [0, 0.1) is 12.8 Å². The highest BCUT2D eigenvalue weighted by Gasteiger charge is 2.35. The topological polar surface area (TPSA) is 86.8 Å². The molecular formula is C35H38ClN3O4S. The minimum atomic E-state index is -4.21. The molecule has 0 spiro atoms. The van der Waals surface area contributed by atoms with Crippen molar-refractivity contribution in [2.45, 2.75) is 44.7 Å². The molecule has 0 saturated carbocycles. The van der Waals surface area contributed by atoms with E-state index in [0.717, 1.165) is 21.0 Å². The van der Waals surface area contributed by atoms with Gasteiger partial charge in [-0.3, -0.25) is 13.9 Å². The Morgan fingerprint density at radius 3 is 2.07 bits per heavy atom. The van der Waals surface area contributed by atoms with Gasteiger partial charge in [-0.05, 0) is 48.2 Å². The van der Waals surface area contributed by atoms with Crippen molar-refractivity contribution in [3.63, 3.8) is 0 Å². The second-order valence-corrected chi connectivity index (χ2v) is 13.4. The van der Waals surface area contributed by atoms with Crippen molar-refractivity contribution in [1.29, 1.82) is 0 Å². The van der Waals surface area contributed by atoms with E-state index in [0.29, 0.717) is 6.54 Å². The molecule has 0 bridgehead atoms. The van der Waals surface area contributed by atoms with E-state index < -0.39 is 28.5 Å². The Balaban J connectivity index is 1.80. The molecule has 9 heteroatoms. The molecule has 4 aromatic rings. The molecule has 230 valence electrons. The maximum absolute atomic E-state index is 14.5. The van der Waals surface area contributed by atoms with Crippen LogP contribution in [0.15, 0.2) is 114 Å². The van der Waals surface area contributed by atoms with E-state index in [1.165, 1.54) is 17.0 Å². The fourth-order valence-corrected chi connectivity index (χ4v) is 6.61. The van der Waals surface area contributed by atoms with Crippen LogP contribution in [0.3, 0.4) is 0 Å². The number of amides is 2. The first kappa shape index (κ1) is 32.8. The highest BCUT2D eigenvalue weighted by Crippen LogP contribution is 2.31. The fraction of sp³-hybridized carbons (Fsp3) is 0.257. The fourth-order valence-electron chi connectivity index (χ4n) is 4.87. The summed E-state index contributed by atoms with van der Waals surface area (Å²) in [6.45, 7) is 5.93. The van der Waals surface area contributed by atoms with Crippen LogP contribution in [-0.4, -0.2) is 44.3 Å². The summed E-state index contributed by atoms with van der Waals surface area (Å²) in [5.74, 6) is -0.644. The summed E-state index contributed by atoms with van der Waals surface area (Å²) >= 11 is 6.52. The maximum atomic E-state index is 14.5. The Kier molecular flexibility index (Phi) is 11.2. The molecule has 1 atom stereocenters. The number of sulfonamides is 1. The first-order chi connectivity index (χ1) is 21.1. The van der Waals surface area contributed by atoms with E-state index in [9.17, 15) is 18.0 Å². The lowest BCUT2D eigenvalue weighted by molar-refractivity contribution is -0.140. The van der Waals surface area contributed by atoms with E-state index in [-0.39, 0.29) is 40.4 Å². The largest absolute Gasteiger partial charge is 0.354 e. The summed E-state index contributed by atoms with van der Waals surface area (Å²) in [5.41, 5.74) is 2.87. The first-order valence-corrected chi connectivity index (χ1v) is 16.4. The number of hydrogen-bond acceptors (Lipinski definition) is 4. The Bertz CT molecular complexity index is 1660. The van der Waals surface area contributed by atoms with Gasteiger partial charge in [-0.1, -0.05) is 116 Å². The van der Waals surface area contributed by atoms with Crippen LogP contribution >= 0.6 is 11.6 Å². The SMILES string of the molecule is Cc1cccc(CN(C(=O)CN(c2ccccc2Cl)S(=O)(=O)c2ccccc2)[C@H](Cc2ccccc2)C(=O)NCC(C)C)c1. The van der Waals surface area contributed by atoms with Gasteiger partial charge in [0.25, 0.3) is 10.0 Å². The molecule has 0 radical (unpaired) electrons. The van der Waals surface area contributed by atoms with Crippen LogP contribution in [0.2, 0.25) is 5.02 Å². The van der Waals surface area contributed by atoms with E-state index in [4.69, 9.17) is 11.6 Å². The number of hydrogen-bond donors (Lipinski definition) is 1. The van der Waals surface area contributed by atoms with Gasteiger partial charge >= 0.3 is 0 Å². The molecule has 0 unspecified atom stereocenters. The van der Waals surface area contributed by atoms with Crippen molar-refractivity contribution in [2.24, 2.45) is 5.92 Å². The van der Waals surface area contributed by atoms with Crippen molar-refractivity contribution < 1.29 is 18.0 Å². The van der Waals surface area contributed by atoms with Gasteiger partial charge in [0.05, 0.1) is 15.6 Å². The number of nitrogens with zero attached hydrogens (tertiary/aromatic N) is 2. The maximum Gasteiger partial charge on any atom is 0.264 e. The molecule has 7 nitrogen and oxygen atoms in total. The first-order valence-electron chi connectivity index (χ1n) is 14.5. The molecule has 0 saturated heterocycles. The van der Waals surface area contributed by atoms with Crippen LogP contribution in [0.5, 0.6) is 0 Å². The van der Waals surface area contributed by atoms with E-state index >= 15 is 0 Å².